The first kappa shape index (κ1) is 28.4. The van der Waals surface area contributed by atoms with E-state index < -0.39 is 23.8 Å². The molecule has 194 valence electrons. The summed E-state index contributed by atoms with van der Waals surface area (Å²) in [7, 11) is 0. The number of carbonyl (C=O) groups is 4. The van der Waals surface area contributed by atoms with Crippen molar-refractivity contribution in [2.45, 2.75) is 58.4 Å². The zero-order valence-corrected chi connectivity index (χ0v) is 20.6. The quantitative estimate of drug-likeness (QED) is 0.0969. The summed E-state index contributed by atoms with van der Waals surface area (Å²) >= 11 is 0. The van der Waals surface area contributed by atoms with Crippen LogP contribution in [-0.4, -0.2) is 57.3 Å². The van der Waals surface area contributed by atoms with Crippen LogP contribution in [0.4, 0.5) is 0 Å². The van der Waals surface area contributed by atoms with Crippen molar-refractivity contribution in [1.29, 1.82) is 0 Å². The van der Waals surface area contributed by atoms with Gasteiger partial charge in [0.15, 0.2) is 0 Å². The molecule has 0 bridgehead atoms. The Bertz CT molecular complexity index is 1030. The molecule has 2 aromatic rings. The van der Waals surface area contributed by atoms with E-state index in [4.69, 9.17) is 5.11 Å². The molecule has 10 heteroatoms. The third-order valence-corrected chi connectivity index (χ3v) is 5.88. The molecule has 4 N–H and O–H groups in total. The summed E-state index contributed by atoms with van der Waals surface area (Å²) in [6, 6.07) is 11.2. The van der Waals surface area contributed by atoms with E-state index in [1.165, 1.54) is 0 Å². The van der Waals surface area contributed by atoms with Crippen molar-refractivity contribution >= 4 is 24.2 Å². The summed E-state index contributed by atoms with van der Waals surface area (Å²) in [4.78, 5) is 51.8. The Morgan fingerprint density at radius 2 is 1.78 bits per heavy atom. The Kier molecular flexibility index (Phi) is 11.5. The Balaban J connectivity index is 2.00. The first-order chi connectivity index (χ1) is 17.3. The van der Waals surface area contributed by atoms with E-state index >= 15 is 0 Å². The zero-order valence-electron chi connectivity index (χ0n) is 20.6. The Hall–Kier alpha value is -3.79. The van der Waals surface area contributed by atoms with Crippen LogP contribution < -0.4 is 10.6 Å². The average Bonchev–Trinajstić information content (AvgIpc) is 2.88. The molecular formula is C26H34N4O6. The smallest absolute Gasteiger partial charge is 0.307 e. The topological polar surface area (TPSA) is 149 Å². The van der Waals surface area contributed by atoms with E-state index in [0.717, 1.165) is 24.8 Å². The number of benzene rings is 1. The number of hydrogen-bond acceptors (Lipinski definition) is 6. The van der Waals surface area contributed by atoms with Gasteiger partial charge in [-0.15, -0.1) is 0 Å². The molecule has 2 atom stereocenters. The number of nitrogens with zero attached hydrogens (tertiary/aromatic N) is 2. The molecular weight excluding hydrogens is 464 g/mol. The lowest BCUT2D eigenvalue weighted by molar-refractivity contribution is -0.168. The number of hydrogen-bond donors (Lipinski definition) is 4. The van der Waals surface area contributed by atoms with Crippen molar-refractivity contribution in [2.75, 3.05) is 6.67 Å². The third kappa shape index (κ3) is 8.46. The van der Waals surface area contributed by atoms with Crippen molar-refractivity contribution < 1.29 is 29.5 Å². The molecule has 0 saturated carbocycles. The van der Waals surface area contributed by atoms with E-state index in [1.807, 2.05) is 6.92 Å². The fourth-order valence-corrected chi connectivity index (χ4v) is 3.97. The highest BCUT2D eigenvalue weighted by molar-refractivity contribution is 5.93. The first-order valence-corrected chi connectivity index (χ1v) is 12.1. The molecule has 2 rings (SSSR count). The second-order valence-corrected chi connectivity index (χ2v) is 8.46. The standard InChI is InChI=1S/C26H34N4O6/c1-3-5-6-8-20(23(4-2)30(36)17-31)25(34)27-16-28-26(35)22-10-7-9-21(29-22)19-13-11-18(12-14-19)15-24(32)33/h7,9-14,17,20,23,36H,3-6,8,15-16H2,1-2H3,(H,27,34)(H,28,35)(H,32,33). The van der Waals surface area contributed by atoms with Gasteiger partial charge < -0.3 is 15.7 Å². The maximum absolute atomic E-state index is 12.8. The van der Waals surface area contributed by atoms with Gasteiger partial charge in [-0.3, -0.25) is 24.4 Å². The molecule has 0 spiro atoms. The molecule has 0 fully saturated rings. The molecule has 0 radical (unpaired) electrons. The Morgan fingerprint density at radius 1 is 1.06 bits per heavy atom. The lowest BCUT2D eigenvalue weighted by Gasteiger charge is -2.29. The predicted octanol–water partition coefficient (Wildman–Crippen LogP) is 3.00. The summed E-state index contributed by atoms with van der Waals surface area (Å²) in [5.74, 6) is -2.37. The van der Waals surface area contributed by atoms with Crippen LogP contribution in [0.15, 0.2) is 42.5 Å². The highest BCUT2D eigenvalue weighted by Gasteiger charge is 2.30. The van der Waals surface area contributed by atoms with Crippen LogP contribution in [0.5, 0.6) is 0 Å². The molecule has 36 heavy (non-hydrogen) atoms. The van der Waals surface area contributed by atoms with E-state index in [2.05, 4.69) is 15.6 Å². The zero-order chi connectivity index (χ0) is 26.5. The van der Waals surface area contributed by atoms with Crippen molar-refractivity contribution in [3.8, 4) is 11.3 Å². The lowest BCUT2D eigenvalue weighted by Crippen LogP contribution is -2.47. The fraction of sp³-hybridized carbons (Fsp3) is 0.423. The van der Waals surface area contributed by atoms with Gasteiger partial charge in [-0.1, -0.05) is 63.4 Å². The monoisotopic (exact) mass is 498 g/mol. The minimum absolute atomic E-state index is 0.0776. The van der Waals surface area contributed by atoms with Crippen LogP contribution in [0.25, 0.3) is 11.3 Å². The summed E-state index contributed by atoms with van der Waals surface area (Å²) in [6.45, 7) is 3.70. The highest BCUT2D eigenvalue weighted by atomic mass is 16.5. The second-order valence-electron chi connectivity index (χ2n) is 8.46. The van der Waals surface area contributed by atoms with Gasteiger partial charge in [0.25, 0.3) is 5.91 Å². The van der Waals surface area contributed by atoms with E-state index in [0.29, 0.717) is 35.6 Å². The van der Waals surface area contributed by atoms with Gasteiger partial charge in [0.05, 0.1) is 30.7 Å². The largest absolute Gasteiger partial charge is 0.481 e. The van der Waals surface area contributed by atoms with Gasteiger partial charge in [-0.2, -0.15) is 0 Å². The average molecular weight is 499 g/mol. The van der Waals surface area contributed by atoms with Crippen molar-refractivity contribution in [1.82, 2.24) is 20.7 Å². The Labute approximate surface area is 210 Å². The van der Waals surface area contributed by atoms with Crippen molar-refractivity contribution in [2.24, 2.45) is 5.92 Å². The number of carboxylic acid groups (broad SMARTS) is 1. The molecule has 0 aliphatic heterocycles. The molecule has 0 aliphatic carbocycles. The number of amides is 3. The molecule has 2 unspecified atom stereocenters. The number of aliphatic carboxylic acids is 1. The number of pyridine rings is 1. The van der Waals surface area contributed by atoms with Crippen LogP contribution in [0.2, 0.25) is 0 Å². The molecule has 1 aromatic carbocycles. The van der Waals surface area contributed by atoms with Gasteiger partial charge >= 0.3 is 5.97 Å². The minimum Gasteiger partial charge on any atom is -0.481 e. The maximum atomic E-state index is 12.8. The minimum atomic E-state index is -0.915. The number of carboxylic acids is 1. The molecule has 1 heterocycles. The number of hydroxylamine groups is 2. The van der Waals surface area contributed by atoms with E-state index in [9.17, 15) is 24.4 Å². The van der Waals surface area contributed by atoms with Crippen molar-refractivity contribution in [3.05, 3.63) is 53.7 Å². The SMILES string of the molecule is CCCCCC(C(=O)NCNC(=O)c1cccc(-c2ccc(CC(=O)O)cc2)n1)C(CC)N(O)C=O. The van der Waals surface area contributed by atoms with Gasteiger partial charge in [0.2, 0.25) is 12.3 Å². The van der Waals surface area contributed by atoms with E-state index in [1.54, 1.807) is 49.4 Å². The Morgan fingerprint density at radius 3 is 2.39 bits per heavy atom. The number of nitrogens with one attached hydrogen (secondary N) is 2. The third-order valence-electron chi connectivity index (χ3n) is 5.88. The summed E-state index contributed by atoms with van der Waals surface area (Å²) in [5, 5.41) is 24.6. The van der Waals surface area contributed by atoms with Gasteiger partial charge in [0, 0.05) is 5.56 Å². The van der Waals surface area contributed by atoms with E-state index in [-0.39, 0.29) is 24.7 Å². The molecule has 10 nitrogen and oxygen atoms in total. The van der Waals surface area contributed by atoms with Gasteiger partial charge in [-0.05, 0) is 30.5 Å². The first-order valence-electron chi connectivity index (χ1n) is 12.1. The predicted molar refractivity (Wildman–Crippen MR) is 133 cm³/mol. The van der Waals surface area contributed by atoms with Crippen LogP contribution >= 0.6 is 0 Å². The van der Waals surface area contributed by atoms with Crippen molar-refractivity contribution in [3.63, 3.8) is 0 Å². The summed E-state index contributed by atoms with van der Waals surface area (Å²) in [5.41, 5.74) is 2.10. The highest BCUT2D eigenvalue weighted by Crippen LogP contribution is 2.21. The second kappa shape index (κ2) is 14.6. The summed E-state index contributed by atoms with van der Waals surface area (Å²) in [6.07, 6.45) is 3.80. The van der Waals surface area contributed by atoms with Crippen LogP contribution in [0, 0.1) is 5.92 Å². The van der Waals surface area contributed by atoms with Crippen LogP contribution in [0.3, 0.4) is 0 Å². The molecule has 3 amide bonds. The van der Waals surface area contributed by atoms with Gasteiger partial charge in [0.1, 0.15) is 5.69 Å². The number of aromatic nitrogens is 1. The lowest BCUT2D eigenvalue weighted by atomic mass is 9.90. The molecule has 0 aliphatic rings. The number of carbonyl (C=O) groups excluding carboxylic acids is 3. The number of rotatable bonds is 15. The number of unbranched alkanes of at least 4 members (excludes halogenated alkanes) is 2. The van der Waals surface area contributed by atoms with Gasteiger partial charge in [-0.25, -0.2) is 10.0 Å². The summed E-state index contributed by atoms with van der Waals surface area (Å²) < 4.78 is 0. The van der Waals surface area contributed by atoms with Crippen LogP contribution in [-0.2, 0) is 20.8 Å². The van der Waals surface area contributed by atoms with Crippen LogP contribution in [0.1, 0.15) is 62.0 Å². The normalized spacial score (nSPS) is 12.3. The fourth-order valence-electron chi connectivity index (χ4n) is 3.97. The maximum Gasteiger partial charge on any atom is 0.307 e. The molecule has 0 saturated heterocycles. The molecule has 1 aromatic heterocycles.